The second-order valence-corrected chi connectivity index (χ2v) is 5.39. The van der Waals surface area contributed by atoms with Crippen LogP contribution in [-0.2, 0) is 0 Å². The summed E-state index contributed by atoms with van der Waals surface area (Å²) >= 11 is 1.91. The molecule has 0 heterocycles. The molecule has 94 valence electrons. The Kier molecular flexibility index (Phi) is 4.85. The van der Waals surface area contributed by atoms with E-state index in [2.05, 4.69) is 66.8 Å². The van der Waals surface area contributed by atoms with Crippen LogP contribution in [0.2, 0.25) is 0 Å². The number of hydrogen-bond acceptors (Lipinski definition) is 2. The van der Waals surface area contributed by atoms with Gasteiger partial charge in [0.15, 0.2) is 0 Å². The number of nitrogens with one attached hydrogen (secondary N) is 1. The van der Waals surface area contributed by atoms with E-state index in [9.17, 15) is 0 Å². The lowest BCUT2D eigenvalue weighted by molar-refractivity contribution is 0.662. The fourth-order valence-electron chi connectivity index (χ4n) is 1.92. The van der Waals surface area contributed by atoms with E-state index in [-0.39, 0.29) is 0 Å². The van der Waals surface area contributed by atoms with Gasteiger partial charge in [-0.3, -0.25) is 0 Å². The van der Waals surface area contributed by atoms with Crippen LogP contribution in [0.5, 0.6) is 0 Å². The summed E-state index contributed by atoms with van der Waals surface area (Å²) in [6, 6.07) is 19.6. The number of rotatable bonds is 5. The zero-order valence-electron chi connectivity index (χ0n) is 10.9. The van der Waals surface area contributed by atoms with Gasteiger partial charge in [0.25, 0.3) is 0 Å². The standard InChI is InChI=1S/C16H19NS/c1-13-8-6-7-11-16(13)18-12-15(17-2)14-9-4-3-5-10-14/h3-11,15,17H,12H2,1-2H3. The van der Waals surface area contributed by atoms with Gasteiger partial charge in [0.1, 0.15) is 0 Å². The lowest BCUT2D eigenvalue weighted by Crippen LogP contribution is -2.18. The van der Waals surface area contributed by atoms with Gasteiger partial charge in [0, 0.05) is 16.7 Å². The summed E-state index contributed by atoms with van der Waals surface area (Å²) < 4.78 is 0. The number of benzene rings is 2. The van der Waals surface area contributed by atoms with Crippen LogP contribution < -0.4 is 5.32 Å². The van der Waals surface area contributed by atoms with E-state index in [1.54, 1.807) is 0 Å². The molecule has 0 spiro atoms. The zero-order valence-corrected chi connectivity index (χ0v) is 11.7. The molecule has 18 heavy (non-hydrogen) atoms. The van der Waals surface area contributed by atoms with Gasteiger partial charge in [-0.1, -0.05) is 48.5 Å². The average Bonchev–Trinajstić information content (AvgIpc) is 2.42. The molecule has 1 nitrogen and oxygen atoms in total. The van der Waals surface area contributed by atoms with Gasteiger partial charge in [0.05, 0.1) is 0 Å². The Morgan fingerprint density at radius 2 is 1.67 bits per heavy atom. The van der Waals surface area contributed by atoms with Crippen molar-refractivity contribution in [2.75, 3.05) is 12.8 Å². The molecule has 2 rings (SSSR count). The highest BCUT2D eigenvalue weighted by Gasteiger charge is 2.09. The van der Waals surface area contributed by atoms with Gasteiger partial charge >= 0.3 is 0 Å². The summed E-state index contributed by atoms with van der Waals surface area (Å²) in [5, 5.41) is 3.39. The topological polar surface area (TPSA) is 12.0 Å². The van der Waals surface area contributed by atoms with Crippen molar-refractivity contribution < 1.29 is 0 Å². The SMILES string of the molecule is CNC(CSc1ccccc1C)c1ccccc1. The van der Waals surface area contributed by atoms with Crippen molar-refractivity contribution >= 4 is 11.8 Å². The largest absolute Gasteiger partial charge is 0.312 e. The number of aryl methyl sites for hydroxylation is 1. The maximum atomic E-state index is 3.39. The molecular weight excluding hydrogens is 238 g/mol. The molecule has 1 N–H and O–H groups in total. The lowest BCUT2D eigenvalue weighted by atomic mass is 10.1. The molecule has 0 aliphatic rings. The molecule has 0 saturated heterocycles. The second kappa shape index (κ2) is 6.62. The van der Waals surface area contributed by atoms with Crippen LogP contribution in [0.4, 0.5) is 0 Å². The van der Waals surface area contributed by atoms with Gasteiger partial charge in [-0.05, 0) is 31.2 Å². The van der Waals surface area contributed by atoms with E-state index in [0.717, 1.165) is 5.75 Å². The van der Waals surface area contributed by atoms with Crippen LogP contribution in [-0.4, -0.2) is 12.8 Å². The molecule has 0 saturated carbocycles. The Balaban J connectivity index is 2.02. The van der Waals surface area contributed by atoms with Gasteiger partial charge in [-0.2, -0.15) is 0 Å². The van der Waals surface area contributed by atoms with Crippen LogP contribution in [0.25, 0.3) is 0 Å². The monoisotopic (exact) mass is 257 g/mol. The van der Waals surface area contributed by atoms with E-state index >= 15 is 0 Å². The molecule has 2 aromatic rings. The highest BCUT2D eigenvalue weighted by molar-refractivity contribution is 7.99. The molecular formula is C16H19NS. The van der Waals surface area contributed by atoms with Gasteiger partial charge in [-0.25, -0.2) is 0 Å². The summed E-state index contributed by atoms with van der Waals surface area (Å²) in [6.07, 6.45) is 0. The van der Waals surface area contributed by atoms with E-state index < -0.39 is 0 Å². The normalized spacial score (nSPS) is 12.3. The third-order valence-corrected chi connectivity index (χ3v) is 4.32. The van der Waals surface area contributed by atoms with E-state index in [1.165, 1.54) is 16.0 Å². The summed E-state index contributed by atoms with van der Waals surface area (Å²) in [5.74, 6) is 1.05. The zero-order chi connectivity index (χ0) is 12.8. The number of thioether (sulfide) groups is 1. The van der Waals surface area contributed by atoms with Crippen LogP contribution in [0, 0.1) is 6.92 Å². The smallest absolute Gasteiger partial charge is 0.0412 e. The minimum Gasteiger partial charge on any atom is -0.312 e. The van der Waals surface area contributed by atoms with Crippen molar-refractivity contribution in [1.29, 1.82) is 0 Å². The summed E-state index contributed by atoms with van der Waals surface area (Å²) in [7, 11) is 2.02. The highest BCUT2D eigenvalue weighted by Crippen LogP contribution is 2.26. The van der Waals surface area contributed by atoms with Crippen LogP contribution in [0.1, 0.15) is 17.2 Å². The predicted octanol–water partition coefficient (Wildman–Crippen LogP) is 4.05. The first-order valence-corrected chi connectivity index (χ1v) is 7.20. The third-order valence-electron chi connectivity index (χ3n) is 3.05. The van der Waals surface area contributed by atoms with Crippen molar-refractivity contribution in [3.8, 4) is 0 Å². The highest BCUT2D eigenvalue weighted by atomic mass is 32.2. The van der Waals surface area contributed by atoms with E-state index in [4.69, 9.17) is 0 Å². The van der Waals surface area contributed by atoms with Crippen molar-refractivity contribution in [2.45, 2.75) is 17.9 Å². The van der Waals surface area contributed by atoms with Crippen molar-refractivity contribution in [2.24, 2.45) is 0 Å². The minimum atomic E-state index is 0.399. The molecule has 0 amide bonds. The molecule has 1 unspecified atom stereocenters. The Labute approximate surface area is 114 Å². The first kappa shape index (κ1) is 13.2. The maximum Gasteiger partial charge on any atom is 0.0412 e. The molecule has 0 aliphatic heterocycles. The third kappa shape index (κ3) is 3.37. The second-order valence-electron chi connectivity index (χ2n) is 4.33. The fourth-order valence-corrected chi connectivity index (χ4v) is 3.10. The number of hydrogen-bond donors (Lipinski definition) is 1. The van der Waals surface area contributed by atoms with Crippen LogP contribution in [0.3, 0.4) is 0 Å². The minimum absolute atomic E-state index is 0.399. The van der Waals surface area contributed by atoms with Crippen molar-refractivity contribution in [3.05, 3.63) is 65.7 Å². The van der Waals surface area contributed by atoms with Gasteiger partial charge in [0.2, 0.25) is 0 Å². The molecule has 2 heteroatoms. The molecule has 0 fully saturated rings. The fraction of sp³-hybridized carbons (Fsp3) is 0.250. The Morgan fingerprint density at radius 1 is 1.00 bits per heavy atom. The van der Waals surface area contributed by atoms with Gasteiger partial charge in [-0.15, -0.1) is 11.8 Å². The van der Waals surface area contributed by atoms with Gasteiger partial charge < -0.3 is 5.32 Å². The first-order valence-electron chi connectivity index (χ1n) is 6.22. The summed E-state index contributed by atoms with van der Waals surface area (Å²) in [5.41, 5.74) is 2.70. The quantitative estimate of drug-likeness (QED) is 0.811. The van der Waals surface area contributed by atoms with Crippen LogP contribution >= 0.6 is 11.8 Å². The summed E-state index contributed by atoms with van der Waals surface area (Å²) in [4.78, 5) is 1.37. The molecule has 0 aromatic heterocycles. The summed E-state index contributed by atoms with van der Waals surface area (Å²) in [6.45, 7) is 2.17. The Bertz CT molecular complexity index is 481. The Hall–Kier alpha value is -1.25. The predicted molar refractivity (Wildman–Crippen MR) is 80.1 cm³/mol. The molecule has 0 radical (unpaired) electrons. The van der Waals surface area contributed by atoms with Crippen molar-refractivity contribution in [3.63, 3.8) is 0 Å². The van der Waals surface area contributed by atoms with Crippen LogP contribution in [0.15, 0.2) is 59.5 Å². The maximum absolute atomic E-state index is 3.39. The first-order chi connectivity index (χ1) is 8.81. The average molecular weight is 257 g/mol. The molecule has 0 aliphatic carbocycles. The lowest BCUT2D eigenvalue weighted by Gasteiger charge is -2.16. The molecule has 0 bridgehead atoms. The van der Waals surface area contributed by atoms with E-state index in [0.29, 0.717) is 6.04 Å². The van der Waals surface area contributed by atoms with E-state index in [1.807, 2.05) is 18.8 Å². The molecule has 2 aromatic carbocycles. The van der Waals surface area contributed by atoms with Crippen molar-refractivity contribution in [1.82, 2.24) is 5.32 Å². The molecule has 1 atom stereocenters. The Morgan fingerprint density at radius 3 is 2.33 bits per heavy atom.